The van der Waals surface area contributed by atoms with Crippen molar-refractivity contribution in [2.24, 2.45) is 0 Å². The number of para-hydroxylation sites is 2. The molecule has 5 nitrogen and oxygen atoms in total. The van der Waals surface area contributed by atoms with Crippen LogP contribution in [0, 0.1) is 0 Å². The molecule has 0 aliphatic heterocycles. The number of halogens is 1. The van der Waals surface area contributed by atoms with E-state index in [1.54, 1.807) is 5.51 Å². The molecular formula is C19H14BrN3O2S. The number of fused-ring (bicyclic) bond motifs is 1. The molecule has 2 heterocycles. The van der Waals surface area contributed by atoms with Crippen LogP contribution in [-0.4, -0.2) is 15.9 Å². The lowest BCUT2D eigenvalue weighted by atomic mass is 10.2. The average Bonchev–Trinajstić information content (AvgIpc) is 3.30. The highest BCUT2D eigenvalue weighted by Crippen LogP contribution is 2.26. The zero-order valence-corrected chi connectivity index (χ0v) is 15.9. The third kappa shape index (κ3) is 3.63. The fourth-order valence-electron chi connectivity index (χ4n) is 2.57. The molecule has 4 rings (SSSR count). The van der Waals surface area contributed by atoms with Crippen LogP contribution >= 0.6 is 27.3 Å². The Morgan fingerprint density at radius 1 is 1.23 bits per heavy atom. The highest BCUT2D eigenvalue weighted by atomic mass is 79.9. The number of amides is 1. The first-order valence-corrected chi connectivity index (χ1v) is 9.61. The summed E-state index contributed by atoms with van der Waals surface area (Å²) in [6, 6.07) is 15.0. The van der Waals surface area contributed by atoms with Crippen molar-refractivity contribution in [3.05, 3.63) is 75.3 Å². The van der Waals surface area contributed by atoms with Gasteiger partial charge in [-0.15, -0.1) is 11.3 Å². The molecule has 0 fully saturated rings. The van der Waals surface area contributed by atoms with Crippen LogP contribution in [0.4, 0.5) is 5.69 Å². The van der Waals surface area contributed by atoms with E-state index >= 15 is 0 Å². The van der Waals surface area contributed by atoms with E-state index in [4.69, 9.17) is 4.74 Å². The van der Waals surface area contributed by atoms with E-state index in [2.05, 4.69) is 31.2 Å². The Hall–Kier alpha value is -2.64. The number of hydrogen-bond acceptors (Lipinski definition) is 4. The summed E-state index contributed by atoms with van der Waals surface area (Å²) in [5.41, 5.74) is 4.63. The van der Waals surface area contributed by atoms with E-state index in [1.807, 2.05) is 53.9 Å². The Labute approximate surface area is 162 Å². The molecule has 0 saturated heterocycles. The topological polar surface area (TPSA) is 67.0 Å². The summed E-state index contributed by atoms with van der Waals surface area (Å²) >= 11 is 4.96. The van der Waals surface area contributed by atoms with Crippen LogP contribution in [0.5, 0.6) is 5.75 Å². The lowest BCUT2D eigenvalue weighted by Crippen LogP contribution is -2.13. The normalized spacial score (nSPS) is 10.8. The largest absolute Gasteiger partial charge is 0.485 e. The van der Waals surface area contributed by atoms with Gasteiger partial charge in [0.1, 0.15) is 18.1 Å². The predicted molar refractivity (Wildman–Crippen MR) is 107 cm³/mol. The first kappa shape index (κ1) is 16.8. The van der Waals surface area contributed by atoms with Gasteiger partial charge < -0.3 is 15.0 Å². The molecule has 26 heavy (non-hydrogen) atoms. The van der Waals surface area contributed by atoms with Crippen molar-refractivity contribution >= 4 is 49.8 Å². The second kappa shape index (κ2) is 7.31. The molecule has 7 heteroatoms. The number of anilines is 1. The molecular weight excluding hydrogens is 414 g/mol. The summed E-state index contributed by atoms with van der Waals surface area (Å²) in [7, 11) is 0. The molecule has 0 spiro atoms. The lowest BCUT2D eigenvalue weighted by Gasteiger charge is -2.11. The summed E-state index contributed by atoms with van der Waals surface area (Å²) in [5.74, 6) is 0.384. The fraction of sp³-hybridized carbons (Fsp3) is 0.0526. The van der Waals surface area contributed by atoms with Crippen molar-refractivity contribution in [1.29, 1.82) is 0 Å². The molecule has 0 bridgehead atoms. The van der Waals surface area contributed by atoms with Crippen LogP contribution in [0.15, 0.2) is 63.9 Å². The molecule has 0 aliphatic carbocycles. The van der Waals surface area contributed by atoms with Gasteiger partial charge in [-0.3, -0.25) is 4.79 Å². The summed E-state index contributed by atoms with van der Waals surface area (Å²) < 4.78 is 6.76. The Morgan fingerprint density at radius 2 is 2.12 bits per heavy atom. The molecule has 0 atom stereocenters. The second-order valence-electron chi connectivity index (χ2n) is 5.63. The molecule has 0 saturated carbocycles. The van der Waals surface area contributed by atoms with Crippen LogP contribution in [0.3, 0.4) is 0 Å². The van der Waals surface area contributed by atoms with E-state index in [9.17, 15) is 4.79 Å². The smallest absolute Gasteiger partial charge is 0.272 e. The Kier molecular flexibility index (Phi) is 4.73. The maximum atomic E-state index is 12.6. The van der Waals surface area contributed by atoms with Gasteiger partial charge in [0.25, 0.3) is 5.91 Å². The number of aromatic amines is 1. The van der Waals surface area contributed by atoms with Gasteiger partial charge in [0.15, 0.2) is 0 Å². The van der Waals surface area contributed by atoms with Crippen LogP contribution in [-0.2, 0) is 6.61 Å². The number of rotatable bonds is 5. The zero-order chi connectivity index (χ0) is 17.9. The summed E-state index contributed by atoms with van der Waals surface area (Å²) in [4.78, 5) is 20.0. The standard InChI is InChI=1S/C19H14BrN3O2S/c20-13-6-5-12-7-17(22-16(12)8-13)19(24)23-15-3-1-2-4-18(15)25-9-14-10-26-11-21-14/h1-8,10-11,22H,9H2,(H,23,24). The van der Waals surface area contributed by atoms with Gasteiger partial charge in [0.2, 0.25) is 0 Å². The zero-order valence-electron chi connectivity index (χ0n) is 13.5. The van der Waals surface area contributed by atoms with Crippen molar-refractivity contribution in [3.8, 4) is 5.75 Å². The number of benzene rings is 2. The summed E-state index contributed by atoms with van der Waals surface area (Å²) in [6.45, 7) is 0.358. The summed E-state index contributed by atoms with van der Waals surface area (Å²) in [6.07, 6.45) is 0. The summed E-state index contributed by atoms with van der Waals surface area (Å²) in [5, 5.41) is 5.82. The molecule has 2 N–H and O–H groups in total. The van der Waals surface area contributed by atoms with Crippen LogP contribution in [0.1, 0.15) is 16.2 Å². The van der Waals surface area contributed by atoms with Crippen molar-refractivity contribution in [2.45, 2.75) is 6.61 Å². The van der Waals surface area contributed by atoms with Gasteiger partial charge in [-0.25, -0.2) is 4.98 Å². The molecule has 0 aliphatic rings. The monoisotopic (exact) mass is 427 g/mol. The maximum Gasteiger partial charge on any atom is 0.272 e. The number of hydrogen-bond donors (Lipinski definition) is 2. The van der Waals surface area contributed by atoms with Crippen LogP contribution in [0.2, 0.25) is 0 Å². The quantitative estimate of drug-likeness (QED) is 0.458. The van der Waals surface area contributed by atoms with Gasteiger partial charge in [-0.1, -0.05) is 34.1 Å². The number of carbonyl (C=O) groups is 1. The minimum Gasteiger partial charge on any atom is -0.485 e. The number of thiazole rings is 1. The second-order valence-corrected chi connectivity index (χ2v) is 7.27. The fourth-order valence-corrected chi connectivity index (χ4v) is 3.47. The number of nitrogens with one attached hydrogen (secondary N) is 2. The Morgan fingerprint density at radius 3 is 2.96 bits per heavy atom. The first-order valence-electron chi connectivity index (χ1n) is 7.87. The molecule has 0 unspecified atom stereocenters. The molecule has 4 aromatic rings. The number of ether oxygens (including phenoxy) is 1. The average molecular weight is 428 g/mol. The molecule has 130 valence electrons. The SMILES string of the molecule is O=C(Nc1ccccc1OCc1cscn1)c1cc2ccc(Br)cc2[nH]1. The van der Waals surface area contributed by atoms with E-state index < -0.39 is 0 Å². The molecule has 2 aromatic heterocycles. The third-order valence-corrected chi connectivity index (χ3v) is 4.95. The van der Waals surface area contributed by atoms with Crippen molar-refractivity contribution < 1.29 is 9.53 Å². The number of H-pyrrole nitrogens is 1. The molecule has 1 amide bonds. The highest BCUT2D eigenvalue weighted by Gasteiger charge is 2.13. The lowest BCUT2D eigenvalue weighted by molar-refractivity contribution is 0.102. The van der Waals surface area contributed by atoms with E-state index in [0.29, 0.717) is 23.7 Å². The number of nitrogens with zero attached hydrogens (tertiary/aromatic N) is 1. The number of carbonyl (C=O) groups excluding carboxylic acids is 1. The van der Waals surface area contributed by atoms with Gasteiger partial charge in [-0.2, -0.15) is 0 Å². The number of aromatic nitrogens is 2. The predicted octanol–water partition coefficient (Wildman–Crippen LogP) is 5.22. The first-order chi connectivity index (χ1) is 12.7. The Bertz CT molecular complexity index is 1060. The molecule has 2 aromatic carbocycles. The van der Waals surface area contributed by atoms with Crippen molar-refractivity contribution in [2.75, 3.05) is 5.32 Å². The van der Waals surface area contributed by atoms with Gasteiger partial charge >= 0.3 is 0 Å². The van der Waals surface area contributed by atoms with Gasteiger partial charge in [0, 0.05) is 20.8 Å². The minimum atomic E-state index is -0.220. The molecule has 0 radical (unpaired) electrons. The minimum absolute atomic E-state index is 0.220. The van der Waals surface area contributed by atoms with Crippen LogP contribution in [0.25, 0.3) is 10.9 Å². The van der Waals surface area contributed by atoms with E-state index in [0.717, 1.165) is 21.1 Å². The van der Waals surface area contributed by atoms with Gasteiger partial charge in [0.05, 0.1) is 16.9 Å². The maximum absolute atomic E-state index is 12.6. The van der Waals surface area contributed by atoms with Crippen LogP contribution < -0.4 is 10.1 Å². The Balaban J connectivity index is 1.53. The van der Waals surface area contributed by atoms with Crippen molar-refractivity contribution in [1.82, 2.24) is 9.97 Å². The van der Waals surface area contributed by atoms with E-state index in [1.165, 1.54) is 11.3 Å². The highest BCUT2D eigenvalue weighted by molar-refractivity contribution is 9.10. The van der Waals surface area contributed by atoms with Gasteiger partial charge in [-0.05, 0) is 30.3 Å². The van der Waals surface area contributed by atoms with E-state index in [-0.39, 0.29) is 5.91 Å². The van der Waals surface area contributed by atoms with Crippen molar-refractivity contribution in [3.63, 3.8) is 0 Å². The third-order valence-electron chi connectivity index (χ3n) is 3.82.